The molecule has 0 radical (unpaired) electrons. The summed E-state index contributed by atoms with van der Waals surface area (Å²) in [5.41, 5.74) is 9.87. The molecule has 0 saturated carbocycles. The van der Waals surface area contributed by atoms with Gasteiger partial charge in [-0.1, -0.05) is 23.8 Å². The van der Waals surface area contributed by atoms with Crippen molar-refractivity contribution in [1.82, 2.24) is 9.80 Å². The lowest BCUT2D eigenvalue weighted by Gasteiger charge is -2.24. The molecular formula is C16H27N3. The summed E-state index contributed by atoms with van der Waals surface area (Å²) < 4.78 is 0. The summed E-state index contributed by atoms with van der Waals surface area (Å²) in [6, 6.07) is 7.45. The highest BCUT2D eigenvalue weighted by Crippen LogP contribution is 2.19. The van der Waals surface area contributed by atoms with Crippen LogP contribution in [-0.2, 0) is 6.54 Å². The summed E-state index contributed by atoms with van der Waals surface area (Å²) in [4.78, 5) is 4.97. The van der Waals surface area contributed by atoms with Crippen molar-refractivity contribution in [1.29, 1.82) is 0 Å². The van der Waals surface area contributed by atoms with E-state index in [1.54, 1.807) is 0 Å². The zero-order valence-corrected chi connectivity index (χ0v) is 12.5. The average Bonchev–Trinajstić information content (AvgIpc) is 2.82. The molecule has 1 fully saturated rings. The third-order valence-corrected chi connectivity index (χ3v) is 4.24. The molecule has 19 heavy (non-hydrogen) atoms. The lowest BCUT2D eigenvalue weighted by atomic mass is 10.1. The van der Waals surface area contributed by atoms with Crippen molar-refractivity contribution in [3.63, 3.8) is 0 Å². The van der Waals surface area contributed by atoms with Crippen LogP contribution >= 0.6 is 0 Å². The lowest BCUT2D eigenvalue weighted by molar-refractivity contribution is 0.234. The minimum absolute atomic E-state index is 0.675. The summed E-state index contributed by atoms with van der Waals surface area (Å²) in [5, 5.41) is 0. The zero-order valence-electron chi connectivity index (χ0n) is 12.5. The number of hydrogen-bond donors (Lipinski definition) is 1. The Balaban J connectivity index is 1.91. The Morgan fingerprint density at radius 2 is 2.16 bits per heavy atom. The molecule has 0 aromatic heterocycles. The molecule has 1 atom stereocenters. The Kier molecular flexibility index (Phi) is 4.97. The number of nitrogens with zero attached hydrogens (tertiary/aromatic N) is 2. The van der Waals surface area contributed by atoms with Gasteiger partial charge in [-0.25, -0.2) is 0 Å². The van der Waals surface area contributed by atoms with E-state index in [9.17, 15) is 0 Å². The molecule has 1 saturated heterocycles. The molecule has 0 spiro atoms. The number of rotatable bonds is 5. The van der Waals surface area contributed by atoms with Crippen molar-refractivity contribution in [2.75, 3.05) is 33.2 Å². The summed E-state index contributed by atoms with van der Waals surface area (Å²) in [6.07, 6.45) is 1.27. The minimum Gasteiger partial charge on any atom is -0.329 e. The predicted octanol–water partition coefficient (Wildman–Crippen LogP) is 1.77. The van der Waals surface area contributed by atoms with E-state index in [2.05, 4.69) is 48.9 Å². The Labute approximate surface area is 117 Å². The predicted molar refractivity (Wildman–Crippen MR) is 81.3 cm³/mol. The number of hydrogen-bond acceptors (Lipinski definition) is 3. The molecule has 0 aliphatic carbocycles. The molecular weight excluding hydrogens is 234 g/mol. The molecule has 3 heteroatoms. The third kappa shape index (κ3) is 3.78. The largest absolute Gasteiger partial charge is 0.329 e. The van der Waals surface area contributed by atoms with Gasteiger partial charge in [0.1, 0.15) is 0 Å². The first-order valence-electron chi connectivity index (χ1n) is 7.29. The van der Waals surface area contributed by atoms with Crippen molar-refractivity contribution in [3.8, 4) is 0 Å². The molecule has 1 aliphatic rings. The van der Waals surface area contributed by atoms with E-state index in [1.165, 1.54) is 36.2 Å². The number of benzene rings is 1. The van der Waals surface area contributed by atoms with E-state index in [-0.39, 0.29) is 0 Å². The first-order chi connectivity index (χ1) is 9.10. The van der Waals surface area contributed by atoms with Crippen LogP contribution in [-0.4, -0.2) is 49.1 Å². The van der Waals surface area contributed by atoms with Crippen LogP contribution in [0.3, 0.4) is 0 Å². The number of nitrogens with two attached hydrogens (primary N) is 1. The van der Waals surface area contributed by atoms with Crippen LogP contribution in [0, 0.1) is 13.8 Å². The topological polar surface area (TPSA) is 32.5 Å². The summed E-state index contributed by atoms with van der Waals surface area (Å²) >= 11 is 0. The smallest absolute Gasteiger partial charge is 0.0237 e. The second kappa shape index (κ2) is 6.51. The maximum absolute atomic E-state index is 5.63. The van der Waals surface area contributed by atoms with Crippen LogP contribution in [0.15, 0.2) is 18.2 Å². The second-order valence-corrected chi connectivity index (χ2v) is 5.88. The van der Waals surface area contributed by atoms with Gasteiger partial charge in [0.2, 0.25) is 0 Å². The standard InChI is InChI=1S/C16H27N3/c1-13-4-5-15(14(2)10-13)11-19-8-6-16(12-19)18(3)9-7-17/h4-5,10,16H,6-9,11-12,17H2,1-3H3. The quantitative estimate of drug-likeness (QED) is 0.877. The van der Waals surface area contributed by atoms with Crippen LogP contribution in [0.2, 0.25) is 0 Å². The molecule has 0 amide bonds. The fourth-order valence-corrected chi connectivity index (χ4v) is 2.97. The van der Waals surface area contributed by atoms with Crippen molar-refractivity contribution in [3.05, 3.63) is 34.9 Å². The van der Waals surface area contributed by atoms with E-state index < -0.39 is 0 Å². The highest BCUT2D eigenvalue weighted by Gasteiger charge is 2.25. The van der Waals surface area contributed by atoms with E-state index in [4.69, 9.17) is 5.73 Å². The van der Waals surface area contributed by atoms with Crippen LogP contribution in [0.1, 0.15) is 23.1 Å². The highest BCUT2D eigenvalue weighted by molar-refractivity contribution is 5.30. The highest BCUT2D eigenvalue weighted by atomic mass is 15.2. The van der Waals surface area contributed by atoms with Gasteiger partial charge in [-0.15, -0.1) is 0 Å². The van der Waals surface area contributed by atoms with Crippen molar-refractivity contribution in [2.45, 2.75) is 32.9 Å². The van der Waals surface area contributed by atoms with E-state index in [0.717, 1.165) is 19.6 Å². The van der Waals surface area contributed by atoms with Gasteiger partial charge in [-0.3, -0.25) is 4.90 Å². The summed E-state index contributed by atoms with van der Waals surface area (Å²) in [5.74, 6) is 0. The fraction of sp³-hybridized carbons (Fsp3) is 0.625. The fourth-order valence-electron chi connectivity index (χ4n) is 2.97. The normalized spacial score (nSPS) is 20.4. The number of likely N-dealkylation sites (N-methyl/N-ethyl adjacent to an activating group) is 1. The molecule has 1 aliphatic heterocycles. The van der Waals surface area contributed by atoms with E-state index >= 15 is 0 Å². The Bertz CT molecular complexity index is 416. The summed E-state index contributed by atoms with van der Waals surface area (Å²) in [6.45, 7) is 9.59. The SMILES string of the molecule is Cc1ccc(CN2CCC(N(C)CCN)C2)c(C)c1. The molecule has 1 heterocycles. The van der Waals surface area contributed by atoms with Crippen molar-refractivity contribution >= 4 is 0 Å². The van der Waals surface area contributed by atoms with Crippen LogP contribution in [0.25, 0.3) is 0 Å². The van der Waals surface area contributed by atoms with Crippen molar-refractivity contribution in [2.24, 2.45) is 5.73 Å². The van der Waals surface area contributed by atoms with Crippen LogP contribution in [0.5, 0.6) is 0 Å². The van der Waals surface area contributed by atoms with Gasteiger partial charge in [-0.05, 0) is 38.4 Å². The van der Waals surface area contributed by atoms with Crippen molar-refractivity contribution < 1.29 is 0 Å². The Hall–Kier alpha value is -0.900. The monoisotopic (exact) mass is 261 g/mol. The van der Waals surface area contributed by atoms with Gasteiger partial charge in [-0.2, -0.15) is 0 Å². The van der Waals surface area contributed by atoms with E-state index in [0.29, 0.717) is 6.04 Å². The van der Waals surface area contributed by atoms with Gasteiger partial charge in [0.15, 0.2) is 0 Å². The molecule has 1 aromatic rings. The Morgan fingerprint density at radius 1 is 1.37 bits per heavy atom. The first kappa shape index (κ1) is 14.5. The molecule has 0 bridgehead atoms. The van der Waals surface area contributed by atoms with Crippen LogP contribution < -0.4 is 5.73 Å². The van der Waals surface area contributed by atoms with Gasteiger partial charge in [0, 0.05) is 38.8 Å². The minimum atomic E-state index is 0.675. The average molecular weight is 261 g/mol. The van der Waals surface area contributed by atoms with Gasteiger partial charge in [0.25, 0.3) is 0 Å². The molecule has 1 aromatic carbocycles. The molecule has 106 valence electrons. The third-order valence-electron chi connectivity index (χ3n) is 4.24. The zero-order chi connectivity index (χ0) is 13.8. The van der Waals surface area contributed by atoms with E-state index in [1.807, 2.05) is 0 Å². The maximum Gasteiger partial charge on any atom is 0.0237 e. The van der Waals surface area contributed by atoms with Crippen LogP contribution in [0.4, 0.5) is 0 Å². The molecule has 3 nitrogen and oxygen atoms in total. The van der Waals surface area contributed by atoms with Gasteiger partial charge >= 0.3 is 0 Å². The molecule has 2 N–H and O–H groups in total. The number of likely N-dealkylation sites (tertiary alicyclic amines) is 1. The first-order valence-corrected chi connectivity index (χ1v) is 7.29. The van der Waals surface area contributed by atoms with Gasteiger partial charge < -0.3 is 10.6 Å². The Morgan fingerprint density at radius 3 is 2.84 bits per heavy atom. The molecule has 2 rings (SSSR count). The second-order valence-electron chi connectivity index (χ2n) is 5.88. The maximum atomic E-state index is 5.63. The summed E-state index contributed by atoms with van der Waals surface area (Å²) in [7, 11) is 2.19. The lowest BCUT2D eigenvalue weighted by Crippen LogP contribution is -2.37. The molecule has 1 unspecified atom stereocenters. The van der Waals surface area contributed by atoms with Gasteiger partial charge in [0.05, 0.1) is 0 Å². The number of aryl methyl sites for hydroxylation is 2.